The van der Waals surface area contributed by atoms with Crippen LogP contribution >= 0.6 is 23.6 Å². The highest BCUT2D eigenvalue weighted by Gasteiger charge is 2.14. The van der Waals surface area contributed by atoms with E-state index in [2.05, 4.69) is 17.3 Å². The van der Waals surface area contributed by atoms with Gasteiger partial charge in [0.1, 0.15) is 0 Å². The number of likely N-dealkylation sites (N-methyl/N-ethyl adjacent to an activating group) is 1. The first-order valence-electron chi connectivity index (χ1n) is 7.61. The summed E-state index contributed by atoms with van der Waals surface area (Å²) in [5.74, 6) is 0.884. The minimum absolute atomic E-state index is 0.00224. The zero-order valence-electron chi connectivity index (χ0n) is 13.9. The Kier molecular flexibility index (Phi) is 6.09. The Hall–Kier alpha value is -1.51. The van der Waals surface area contributed by atoms with Gasteiger partial charge >= 0.3 is 0 Å². The zero-order chi connectivity index (χ0) is 17.0. The van der Waals surface area contributed by atoms with Crippen molar-refractivity contribution >= 4 is 29.5 Å². The van der Waals surface area contributed by atoms with Gasteiger partial charge in [-0.05, 0) is 51.5 Å². The molecule has 6 nitrogen and oxygen atoms in total. The molecule has 0 spiro atoms. The summed E-state index contributed by atoms with van der Waals surface area (Å²) in [6.45, 7) is 7.51. The van der Waals surface area contributed by atoms with Gasteiger partial charge in [-0.25, -0.2) is 4.68 Å². The second-order valence-corrected chi connectivity index (χ2v) is 7.02. The van der Waals surface area contributed by atoms with Crippen LogP contribution in [0.5, 0.6) is 0 Å². The molecule has 2 heterocycles. The van der Waals surface area contributed by atoms with E-state index in [-0.39, 0.29) is 11.9 Å². The molecule has 126 valence electrons. The van der Waals surface area contributed by atoms with Gasteiger partial charge in [-0.15, -0.1) is 16.4 Å². The molecule has 0 bridgehead atoms. The van der Waals surface area contributed by atoms with Crippen molar-refractivity contribution in [2.75, 3.05) is 13.6 Å². The minimum atomic E-state index is 0.00224. The number of hydrogen-bond donors (Lipinski definition) is 1. The number of nitrogens with zero attached hydrogens (tertiary/aromatic N) is 4. The molecule has 0 unspecified atom stereocenters. The molecule has 8 heteroatoms. The third kappa shape index (κ3) is 4.49. The van der Waals surface area contributed by atoms with Crippen molar-refractivity contribution in [3.05, 3.63) is 22.3 Å². The van der Waals surface area contributed by atoms with E-state index in [0.29, 0.717) is 18.0 Å². The number of amides is 1. The third-order valence-electron chi connectivity index (χ3n) is 3.22. The highest BCUT2D eigenvalue weighted by atomic mass is 32.1. The quantitative estimate of drug-likeness (QED) is 0.778. The Morgan fingerprint density at radius 2 is 2.26 bits per heavy atom. The average molecular weight is 354 g/mol. The summed E-state index contributed by atoms with van der Waals surface area (Å²) in [5.41, 5.74) is 0. The monoisotopic (exact) mass is 353 g/mol. The van der Waals surface area contributed by atoms with Crippen LogP contribution in [0.15, 0.2) is 17.5 Å². The Morgan fingerprint density at radius 1 is 1.52 bits per heavy atom. The van der Waals surface area contributed by atoms with Gasteiger partial charge < -0.3 is 5.32 Å². The van der Waals surface area contributed by atoms with Crippen molar-refractivity contribution in [1.29, 1.82) is 0 Å². The molecule has 1 N–H and O–H groups in total. The Morgan fingerprint density at radius 3 is 2.83 bits per heavy atom. The molecule has 2 rings (SSSR count). The number of carbonyl (C=O) groups is 1. The average Bonchev–Trinajstić information content (AvgIpc) is 3.06. The van der Waals surface area contributed by atoms with E-state index in [9.17, 15) is 4.79 Å². The van der Waals surface area contributed by atoms with Crippen molar-refractivity contribution in [3.8, 4) is 10.7 Å². The molecule has 0 saturated carbocycles. The predicted octanol–water partition coefficient (Wildman–Crippen LogP) is 2.58. The maximum Gasteiger partial charge on any atom is 0.234 e. The lowest BCUT2D eigenvalue weighted by Gasteiger charge is -2.17. The van der Waals surface area contributed by atoms with Crippen LogP contribution in [0.1, 0.15) is 20.8 Å². The molecule has 0 fully saturated rings. The molecule has 2 aromatic heterocycles. The zero-order valence-corrected chi connectivity index (χ0v) is 15.6. The number of aromatic nitrogens is 3. The molecule has 0 aromatic carbocycles. The fourth-order valence-electron chi connectivity index (χ4n) is 2.30. The predicted molar refractivity (Wildman–Crippen MR) is 95.9 cm³/mol. The molecule has 0 aliphatic carbocycles. The number of hydrogen-bond acceptors (Lipinski definition) is 5. The molecule has 2 aromatic rings. The Labute approximate surface area is 145 Å². The molecule has 23 heavy (non-hydrogen) atoms. The van der Waals surface area contributed by atoms with E-state index >= 15 is 0 Å². The number of carbonyl (C=O) groups excluding carboxylic acids is 1. The molecule has 0 saturated heterocycles. The summed E-state index contributed by atoms with van der Waals surface area (Å²) in [4.78, 5) is 14.8. The van der Waals surface area contributed by atoms with E-state index in [1.54, 1.807) is 16.0 Å². The first kappa shape index (κ1) is 17.8. The second-order valence-electron chi connectivity index (χ2n) is 5.71. The van der Waals surface area contributed by atoms with Gasteiger partial charge in [-0.2, -0.15) is 0 Å². The topological polar surface area (TPSA) is 55.1 Å². The van der Waals surface area contributed by atoms with Crippen LogP contribution in [0.3, 0.4) is 0 Å². The maximum atomic E-state index is 11.8. The highest BCUT2D eigenvalue weighted by molar-refractivity contribution is 7.71. The van der Waals surface area contributed by atoms with E-state index in [1.165, 1.54) is 0 Å². The molecule has 0 aliphatic rings. The summed E-state index contributed by atoms with van der Waals surface area (Å²) in [7, 11) is 1.89. The molecular formula is C15H23N5OS2. The number of thiophene rings is 1. The van der Waals surface area contributed by atoms with Crippen molar-refractivity contribution in [1.82, 2.24) is 24.6 Å². The maximum absolute atomic E-state index is 11.8. The summed E-state index contributed by atoms with van der Waals surface area (Å²) in [5, 5.41) is 9.56. The molecule has 1 amide bonds. The third-order valence-corrected chi connectivity index (χ3v) is 4.52. The van der Waals surface area contributed by atoms with Gasteiger partial charge in [0.05, 0.1) is 18.1 Å². The summed E-state index contributed by atoms with van der Waals surface area (Å²) in [6, 6.07) is 4.19. The smallest absolute Gasteiger partial charge is 0.234 e. The van der Waals surface area contributed by atoms with Gasteiger partial charge in [0.15, 0.2) is 10.6 Å². The van der Waals surface area contributed by atoms with Crippen molar-refractivity contribution < 1.29 is 4.79 Å². The number of nitrogens with one attached hydrogen (secondary N) is 1. The second kappa shape index (κ2) is 7.85. The normalized spacial score (nSPS) is 11.4. The van der Waals surface area contributed by atoms with Gasteiger partial charge in [-0.3, -0.25) is 14.3 Å². The fraction of sp³-hybridized carbons (Fsp3) is 0.533. The van der Waals surface area contributed by atoms with Crippen LogP contribution < -0.4 is 5.32 Å². The van der Waals surface area contributed by atoms with E-state index < -0.39 is 0 Å². The standard InChI is InChI=1S/C15H23N5OS2/c1-5-19-14(12-7-6-8-23-12)17-20(15(19)22)10-18(4)9-13(21)16-11(2)3/h6-8,11H,5,9-10H2,1-4H3,(H,16,21). The van der Waals surface area contributed by atoms with E-state index in [1.807, 2.05) is 47.9 Å². The van der Waals surface area contributed by atoms with Gasteiger partial charge in [0, 0.05) is 12.6 Å². The summed E-state index contributed by atoms with van der Waals surface area (Å²) < 4.78 is 4.46. The SMILES string of the molecule is CCn1c(-c2cccs2)nn(CN(C)CC(=O)NC(C)C)c1=S. The van der Waals surface area contributed by atoms with Crippen molar-refractivity contribution in [2.24, 2.45) is 0 Å². The fourth-order valence-corrected chi connectivity index (χ4v) is 3.33. The first-order chi connectivity index (χ1) is 10.9. The molecule has 0 radical (unpaired) electrons. The van der Waals surface area contributed by atoms with Gasteiger partial charge in [-0.1, -0.05) is 6.07 Å². The van der Waals surface area contributed by atoms with Crippen LogP contribution in [0, 0.1) is 4.77 Å². The van der Waals surface area contributed by atoms with Crippen LogP contribution in [0.2, 0.25) is 0 Å². The van der Waals surface area contributed by atoms with E-state index in [4.69, 9.17) is 12.2 Å². The van der Waals surface area contributed by atoms with Crippen LogP contribution in [-0.2, 0) is 18.0 Å². The van der Waals surface area contributed by atoms with Gasteiger partial charge in [0.2, 0.25) is 5.91 Å². The Bertz CT molecular complexity index is 702. The van der Waals surface area contributed by atoms with Crippen LogP contribution in [0.4, 0.5) is 0 Å². The molecule has 0 atom stereocenters. The first-order valence-corrected chi connectivity index (χ1v) is 8.90. The molecular weight excluding hydrogens is 330 g/mol. The molecule has 0 aliphatic heterocycles. The van der Waals surface area contributed by atoms with Crippen molar-refractivity contribution in [3.63, 3.8) is 0 Å². The lowest BCUT2D eigenvalue weighted by atomic mass is 10.4. The van der Waals surface area contributed by atoms with Crippen LogP contribution in [0.25, 0.3) is 10.7 Å². The lowest BCUT2D eigenvalue weighted by molar-refractivity contribution is -0.122. The minimum Gasteiger partial charge on any atom is -0.353 e. The summed E-state index contributed by atoms with van der Waals surface area (Å²) >= 11 is 7.17. The lowest BCUT2D eigenvalue weighted by Crippen LogP contribution is -2.39. The summed E-state index contributed by atoms with van der Waals surface area (Å²) in [6.07, 6.45) is 0. The number of rotatable bonds is 7. The highest BCUT2D eigenvalue weighted by Crippen LogP contribution is 2.23. The van der Waals surface area contributed by atoms with Gasteiger partial charge in [0.25, 0.3) is 0 Å². The Balaban J connectivity index is 2.14. The largest absolute Gasteiger partial charge is 0.353 e. The van der Waals surface area contributed by atoms with Crippen molar-refractivity contribution in [2.45, 2.75) is 40.0 Å². The van der Waals surface area contributed by atoms with E-state index in [0.717, 1.165) is 17.2 Å². The van der Waals surface area contributed by atoms with Crippen LogP contribution in [-0.4, -0.2) is 44.8 Å².